The summed E-state index contributed by atoms with van der Waals surface area (Å²) < 4.78 is 0. The molecule has 2 N–H and O–H groups in total. The number of anilines is 2. The molecule has 100 valence electrons. The smallest absolute Gasteiger partial charge is 0.227 e. The van der Waals surface area contributed by atoms with Crippen molar-refractivity contribution in [1.29, 1.82) is 5.26 Å². The van der Waals surface area contributed by atoms with E-state index in [1.807, 2.05) is 0 Å². The van der Waals surface area contributed by atoms with E-state index in [1.54, 1.807) is 11.4 Å². The lowest BCUT2D eigenvalue weighted by atomic mass is 9.94. The quantitative estimate of drug-likeness (QED) is 0.870. The Morgan fingerprint density at radius 3 is 3.15 bits per heavy atom. The number of aromatic nitrogens is 2. The number of nitrogens with one attached hydrogen (secondary N) is 1. The molecule has 1 unspecified atom stereocenters. The summed E-state index contributed by atoms with van der Waals surface area (Å²) in [6.07, 6.45) is 1.43. The van der Waals surface area contributed by atoms with Crippen LogP contribution in [0.3, 0.4) is 0 Å². The number of nitriles is 1. The second-order valence-corrected chi connectivity index (χ2v) is 5.32. The molecule has 3 rings (SSSR count). The molecule has 1 aliphatic rings. The Morgan fingerprint density at radius 1 is 1.55 bits per heavy atom. The number of aliphatic hydroxyl groups is 1. The third-order valence-electron chi connectivity index (χ3n) is 3.06. The number of fused-ring (bicyclic) bond motifs is 1. The van der Waals surface area contributed by atoms with E-state index in [4.69, 9.17) is 5.26 Å². The summed E-state index contributed by atoms with van der Waals surface area (Å²) in [5, 5.41) is 23.1. The first kappa shape index (κ1) is 12.7. The van der Waals surface area contributed by atoms with Gasteiger partial charge in [-0.15, -0.1) is 11.3 Å². The Kier molecular flexibility index (Phi) is 3.18. The van der Waals surface area contributed by atoms with Crippen LogP contribution in [0.5, 0.6) is 0 Å². The van der Waals surface area contributed by atoms with Crippen molar-refractivity contribution in [2.24, 2.45) is 0 Å². The highest BCUT2D eigenvalue weighted by molar-refractivity contribution is 7.11. The van der Waals surface area contributed by atoms with Gasteiger partial charge in [-0.2, -0.15) is 5.26 Å². The molecule has 1 aliphatic carbocycles. The van der Waals surface area contributed by atoms with Gasteiger partial charge in [0.25, 0.3) is 0 Å². The van der Waals surface area contributed by atoms with Crippen molar-refractivity contribution in [3.05, 3.63) is 33.8 Å². The Morgan fingerprint density at radius 2 is 2.40 bits per heavy atom. The molecular weight excluding hydrogens is 276 g/mol. The van der Waals surface area contributed by atoms with Crippen LogP contribution in [0.4, 0.5) is 11.6 Å². The number of aryl methyl sites for hydroxylation is 1. The average Bonchev–Trinajstić information content (AvgIpc) is 2.91. The zero-order valence-electron chi connectivity index (χ0n) is 10.3. The highest BCUT2D eigenvalue weighted by atomic mass is 32.1. The number of rotatable bonds is 2. The fourth-order valence-corrected chi connectivity index (χ4v) is 2.68. The summed E-state index contributed by atoms with van der Waals surface area (Å²) in [4.78, 5) is 20.7. The van der Waals surface area contributed by atoms with E-state index in [1.165, 1.54) is 17.5 Å². The van der Waals surface area contributed by atoms with Crippen LogP contribution >= 0.6 is 11.3 Å². The molecule has 0 saturated carbocycles. The molecule has 1 atom stereocenters. The van der Waals surface area contributed by atoms with E-state index in [0.717, 1.165) is 5.69 Å². The third-order valence-corrected chi connectivity index (χ3v) is 3.89. The van der Waals surface area contributed by atoms with Crippen LogP contribution in [0.15, 0.2) is 17.6 Å². The second kappa shape index (κ2) is 5.00. The molecule has 20 heavy (non-hydrogen) atoms. The number of hydrogen-bond acceptors (Lipinski definition) is 7. The van der Waals surface area contributed by atoms with Crippen LogP contribution in [0.2, 0.25) is 0 Å². The summed E-state index contributed by atoms with van der Waals surface area (Å²) >= 11 is 1.33. The first-order chi connectivity index (χ1) is 9.67. The molecule has 0 amide bonds. The van der Waals surface area contributed by atoms with Gasteiger partial charge in [0.05, 0.1) is 16.9 Å². The van der Waals surface area contributed by atoms with Crippen molar-refractivity contribution in [1.82, 2.24) is 9.97 Å². The van der Waals surface area contributed by atoms with E-state index < -0.39 is 6.10 Å². The SMILES string of the molecule is N#Cc1cc(Nc2ncc3c(n2)CCC(O)C3=O)cs1. The van der Waals surface area contributed by atoms with Gasteiger partial charge >= 0.3 is 0 Å². The topological polar surface area (TPSA) is 98.9 Å². The average molecular weight is 286 g/mol. The molecule has 0 radical (unpaired) electrons. The van der Waals surface area contributed by atoms with E-state index in [0.29, 0.717) is 34.9 Å². The molecule has 0 spiro atoms. The van der Waals surface area contributed by atoms with E-state index in [9.17, 15) is 9.90 Å². The summed E-state index contributed by atoms with van der Waals surface area (Å²) in [5.74, 6) is 0.0651. The van der Waals surface area contributed by atoms with Crippen LogP contribution in [-0.2, 0) is 6.42 Å². The molecule has 2 aromatic rings. The van der Waals surface area contributed by atoms with Gasteiger partial charge in [-0.3, -0.25) is 4.79 Å². The first-order valence-electron chi connectivity index (χ1n) is 6.01. The number of nitrogens with zero attached hydrogens (tertiary/aromatic N) is 3. The monoisotopic (exact) mass is 286 g/mol. The Hall–Kier alpha value is -2.30. The number of carbonyl (C=O) groups is 1. The maximum atomic E-state index is 11.7. The number of Topliss-reactive ketones (excluding diaryl/α,β-unsaturated/α-hetero) is 1. The summed E-state index contributed by atoms with van der Waals surface area (Å²) in [6, 6.07) is 3.77. The van der Waals surface area contributed by atoms with Crippen LogP contribution in [0.25, 0.3) is 0 Å². The number of thiophene rings is 1. The van der Waals surface area contributed by atoms with Crippen LogP contribution in [-0.4, -0.2) is 27.0 Å². The molecule has 2 heterocycles. The standard InChI is InChI=1S/C13H10N4O2S/c14-4-8-3-7(6-20-8)16-13-15-5-9-10(17-13)1-2-11(18)12(9)19/h3,5-6,11,18H,1-2H2,(H,15,16,17). The first-order valence-corrected chi connectivity index (χ1v) is 6.89. The Bertz CT molecular complexity index is 719. The Labute approximate surface area is 118 Å². The van der Waals surface area contributed by atoms with E-state index >= 15 is 0 Å². The van der Waals surface area contributed by atoms with Gasteiger partial charge in [0, 0.05) is 11.6 Å². The van der Waals surface area contributed by atoms with Crippen LogP contribution in [0, 0.1) is 11.3 Å². The maximum absolute atomic E-state index is 11.7. The molecule has 0 aromatic carbocycles. The predicted molar refractivity (Wildman–Crippen MR) is 73.0 cm³/mol. The number of ketones is 1. The van der Waals surface area contributed by atoms with Crippen LogP contribution in [0.1, 0.15) is 27.3 Å². The minimum Gasteiger partial charge on any atom is -0.385 e. The molecule has 0 fully saturated rings. The van der Waals surface area contributed by atoms with Crippen molar-refractivity contribution < 1.29 is 9.90 Å². The molecule has 6 nitrogen and oxygen atoms in total. The molecular formula is C13H10N4O2S. The second-order valence-electron chi connectivity index (χ2n) is 4.41. The normalized spacial score (nSPS) is 17.4. The number of carbonyl (C=O) groups excluding carboxylic acids is 1. The summed E-state index contributed by atoms with van der Waals surface area (Å²) in [7, 11) is 0. The molecule has 7 heteroatoms. The van der Waals surface area contributed by atoms with Gasteiger partial charge in [0.15, 0.2) is 5.78 Å². The molecule has 0 bridgehead atoms. The Balaban J connectivity index is 1.86. The zero-order valence-corrected chi connectivity index (χ0v) is 11.1. The highest BCUT2D eigenvalue weighted by Gasteiger charge is 2.27. The van der Waals surface area contributed by atoms with Crippen molar-refractivity contribution >= 4 is 28.8 Å². The summed E-state index contributed by atoms with van der Waals surface area (Å²) in [5.41, 5.74) is 1.78. The molecule has 2 aromatic heterocycles. The van der Waals surface area contributed by atoms with Crippen molar-refractivity contribution in [2.45, 2.75) is 18.9 Å². The minimum atomic E-state index is -0.944. The minimum absolute atomic E-state index is 0.319. The molecule has 0 saturated heterocycles. The van der Waals surface area contributed by atoms with Crippen molar-refractivity contribution in [3.63, 3.8) is 0 Å². The predicted octanol–water partition coefficient (Wildman–Crippen LogP) is 1.64. The summed E-state index contributed by atoms with van der Waals surface area (Å²) in [6.45, 7) is 0. The maximum Gasteiger partial charge on any atom is 0.227 e. The highest BCUT2D eigenvalue weighted by Crippen LogP contribution is 2.23. The zero-order chi connectivity index (χ0) is 14.1. The van der Waals surface area contributed by atoms with Crippen molar-refractivity contribution in [3.8, 4) is 6.07 Å². The third kappa shape index (κ3) is 2.27. The van der Waals surface area contributed by atoms with Gasteiger partial charge < -0.3 is 10.4 Å². The number of aliphatic hydroxyl groups excluding tert-OH is 1. The van der Waals surface area contributed by atoms with E-state index in [2.05, 4.69) is 21.4 Å². The lowest BCUT2D eigenvalue weighted by Gasteiger charge is -2.18. The number of hydrogen-bond donors (Lipinski definition) is 2. The van der Waals surface area contributed by atoms with Gasteiger partial charge in [-0.1, -0.05) is 0 Å². The fourth-order valence-electron chi connectivity index (χ4n) is 2.05. The van der Waals surface area contributed by atoms with Gasteiger partial charge in [-0.25, -0.2) is 9.97 Å². The lowest BCUT2D eigenvalue weighted by Crippen LogP contribution is -2.28. The fraction of sp³-hybridized carbons (Fsp3) is 0.231. The lowest BCUT2D eigenvalue weighted by molar-refractivity contribution is 0.0710. The van der Waals surface area contributed by atoms with Gasteiger partial charge in [0.1, 0.15) is 17.1 Å². The van der Waals surface area contributed by atoms with E-state index in [-0.39, 0.29) is 5.78 Å². The van der Waals surface area contributed by atoms with Crippen LogP contribution < -0.4 is 5.32 Å². The van der Waals surface area contributed by atoms with Gasteiger partial charge in [-0.05, 0) is 18.9 Å². The van der Waals surface area contributed by atoms with Gasteiger partial charge in [0.2, 0.25) is 5.95 Å². The largest absolute Gasteiger partial charge is 0.385 e. The van der Waals surface area contributed by atoms with Crippen molar-refractivity contribution in [2.75, 3.05) is 5.32 Å². The molecule has 0 aliphatic heterocycles.